The highest BCUT2D eigenvalue weighted by Gasteiger charge is 2.21. The van der Waals surface area contributed by atoms with E-state index in [0.29, 0.717) is 35.5 Å². The summed E-state index contributed by atoms with van der Waals surface area (Å²) in [7, 11) is 1.85. The number of hydrogen-bond acceptors (Lipinski definition) is 6. The first-order valence-electron chi connectivity index (χ1n) is 11.0. The maximum Gasteiger partial charge on any atom is 0.247 e. The largest absolute Gasteiger partial charge is 0.309 e. The molecule has 0 aliphatic heterocycles. The molecule has 0 radical (unpaired) electrons. The summed E-state index contributed by atoms with van der Waals surface area (Å²) >= 11 is 0. The minimum absolute atomic E-state index is 0.276. The molecule has 2 N–H and O–H groups in total. The average Bonchev–Trinajstić information content (AvgIpc) is 3.33. The molecule has 1 unspecified atom stereocenters. The van der Waals surface area contributed by atoms with Crippen molar-refractivity contribution in [2.24, 2.45) is 7.05 Å². The Morgan fingerprint density at radius 1 is 1.00 bits per heavy atom. The van der Waals surface area contributed by atoms with Gasteiger partial charge in [0.1, 0.15) is 11.9 Å². The van der Waals surface area contributed by atoms with Crippen LogP contribution in [0.25, 0.3) is 11.1 Å². The van der Waals surface area contributed by atoms with E-state index in [1.165, 1.54) is 0 Å². The second kappa shape index (κ2) is 10.9. The fraction of sp³-hybridized carbons (Fsp3) is 0.148. The second-order valence-corrected chi connectivity index (χ2v) is 8.01. The topological polar surface area (TPSA) is 119 Å². The third-order valence-corrected chi connectivity index (χ3v) is 5.51. The van der Waals surface area contributed by atoms with E-state index < -0.39 is 6.04 Å². The number of pyridine rings is 1. The molecule has 172 valence electrons. The fourth-order valence-electron chi connectivity index (χ4n) is 3.66. The molecular weight excluding hydrogens is 438 g/mol. The Morgan fingerprint density at radius 2 is 1.80 bits per heavy atom. The Hall–Kier alpha value is -4.79. The summed E-state index contributed by atoms with van der Waals surface area (Å²) in [6.45, 7) is 0.522. The van der Waals surface area contributed by atoms with Gasteiger partial charge in [0.2, 0.25) is 5.91 Å². The smallest absolute Gasteiger partial charge is 0.247 e. The highest BCUT2D eigenvalue weighted by molar-refractivity contribution is 5.95. The molecular formula is C27H23N7O. The lowest BCUT2D eigenvalue weighted by molar-refractivity contribution is -0.118. The van der Waals surface area contributed by atoms with E-state index in [1.54, 1.807) is 53.5 Å². The van der Waals surface area contributed by atoms with Crippen molar-refractivity contribution in [3.05, 3.63) is 102 Å². The maximum absolute atomic E-state index is 13.3. The van der Waals surface area contributed by atoms with Crippen LogP contribution in [0.15, 0.2) is 79.3 Å². The van der Waals surface area contributed by atoms with E-state index in [4.69, 9.17) is 5.26 Å². The van der Waals surface area contributed by atoms with Gasteiger partial charge < -0.3 is 10.6 Å². The molecule has 8 nitrogen and oxygen atoms in total. The zero-order chi connectivity index (χ0) is 24.6. The molecule has 0 bridgehead atoms. The van der Waals surface area contributed by atoms with Crippen LogP contribution in [-0.4, -0.2) is 27.2 Å². The number of aromatic nitrogens is 3. The molecule has 2 aromatic carbocycles. The summed E-state index contributed by atoms with van der Waals surface area (Å²) in [5.41, 5.74) is 4.66. The summed E-state index contributed by atoms with van der Waals surface area (Å²) in [6, 6.07) is 21.5. The number of nitriles is 2. The van der Waals surface area contributed by atoms with Crippen LogP contribution in [0.4, 0.5) is 5.82 Å². The van der Waals surface area contributed by atoms with Gasteiger partial charge in [0.15, 0.2) is 0 Å². The van der Waals surface area contributed by atoms with E-state index in [1.807, 2.05) is 37.5 Å². The van der Waals surface area contributed by atoms with E-state index in [2.05, 4.69) is 32.9 Å². The number of nitrogens with one attached hydrogen (secondary N) is 2. The molecule has 0 saturated heterocycles. The number of hydrogen-bond donors (Lipinski definition) is 2. The lowest BCUT2D eigenvalue weighted by Crippen LogP contribution is -2.34. The Labute approximate surface area is 203 Å². The molecule has 4 rings (SSSR count). The predicted molar refractivity (Wildman–Crippen MR) is 132 cm³/mol. The number of benzene rings is 2. The molecule has 0 fully saturated rings. The summed E-state index contributed by atoms with van der Waals surface area (Å²) in [6.07, 6.45) is 6.01. The highest BCUT2D eigenvalue weighted by atomic mass is 16.2. The van der Waals surface area contributed by atoms with Crippen LogP contribution in [0.1, 0.15) is 28.3 Å². The van der Waals surface area contributed by atoms with Gasteiger partial charge in [-0.2, -0.15) is 15.6 Å². The molecule has 0 spiro atoms. The Morgan fingerprint density at radius 3 is 2.46 bits per heavy atom. The van der Waals surface area contributed by atoms with E-state index >= 15 is 0 Å². The molecule has 2 heterocycles. The van der Waals surface area contributed by atoms with E-state index in [0.717, 1.165) is 16.7 Å². The van der Waals surface area contributed by atoms with Gasteiger partial charge in [0, 0.05) is 37.1 Å². The van der Waals surface area contributed by atoms with Gasteiger partial charge in [-0.25, -0.2) is 4.98 Å². The van der Waals surface area contributed by atoms with Gasteiger partial charge in [-0.15, -0.1) is 0 Å². The lowest BCUT2D eigenvalue weighted by atomic mass is 10.0. The number of aryl methyl sites for hydroxylation is 1. The first kappa shape index (κ1) is 23.4. The number of rotatable bonds is 8. The third kappa shape index (κ3) is 5.97. The van der Waals surface area contributed by atoms with Crippen LogP contribution in [-0.2, 0) is 18.3 Å². The third-order valence-electron chi connectivity index (χ3n) is 5.51. The zero-order valence-corrected chi connectivity index (χ0v) is 19.1. The van der Waals surface area contributed by atoms with Gasteiger partial charge in [-0.3, -0.25) is 9.48 Å². The first-order chi connectivity index (χ1) is 17.1. The van der Waals surface area contributed by atoms with Crippen LogP contribution in [0, 0.1) is 22.7 Å². The Balaban J connectivity index is 1.48. The van der Waals surface area contributed by atoms with Crippen molar-refractivity contribution in [2.45, 2.75) is 12.5 Å². The molecule has 2 aromatic heterocycles. The summed E-state index contributed by atoms with van der Waals surface area (Å²) in [5, 5.41) is 28.6. The van der Waals surface area contributed by atoms with Crippen molar-refractivity contribution in [2.75, 3.05) is 11.9 Å². The van der Waals surface area contributed by atoms with Crippen molar-refractivity contribution < 1.29 is 4.79 Å². The molecule has 8 heteroatoms. The van der Waals surface area contributed by atoms with Crippen molar-refractivity contribution in [1.82, 2.24) is 20.1 Å². The quantitative estimate of drug-likeness (QED) is 0.413. The number of amides is 1. The van der Waals surface area contributed by atoms with Crippen LogP contribution in [0.2, 0.25) is 0 Å². The molecule has 1 amide bonds. The van der Waals surface area contributed by atoms with E-state index in [-0.39, 0.29) is 5.91 Å². The SMILES string of the molecule is Cn1cc(-c2ccc(NC(=O)C(NCCc3ccc(C#N)cc3)c3cccc(C#N)c3)nc2)cn1. The van der Waals surface area contributed by atoms with Crippen molar-refractivity contribution in [3.8, 4) is 23.3 Å². The van der Waals surface area contributed by atoms with Crippen LogP contribution in [0.3, 0.4) is 0 Å². The first-order valence-corrected chi connectivity index (χ1v) is 11.0. The average molecular weight is 462 g/mol. The minimum atomic E-state index is -0.679. The number of anilines is 1. The van der Waals surface area contributed by atoms with Gasteiger partial charge in [-0.05, 0) is 53.9 Å². The molecule has 0 aliphatic carbocycles. The van der Waals surface area contributed by atoms with Gasteiger partial charge in [-0.1, -0.05) is 24.3 Å². The lowest BCUT2D eigenvalue weighted by Gasteiger charge is -2.19. The second-order valence-electron chi connectivity index (χ2n) is 8.01. The summed E-state index contributed by atoms with van der Waals surface area (Å²) < 4.78 is 1.72. The fourth-order valence-corrected chi connectivity index (χ4v) is 3.66. The Bertz CT molecular complexity index is 1390. The molecule has 4 aromatic rings. The highest BCUT2D eigenvalue weighted by Crippen LogP contribution is 2.21. The normalized spacial score (nSPS) is 11.3. The predicted octanol–water partition coefficient (Wildman–Crippen LogP) is 3.74. The standard InChI is InChI=1S/C27H23N7O/c1-34-18-24(17-32-34)23-9-10-25(31-16-23)33-27(35)26(22-4-2-3-21(13-22)15-29)30-12-11-19-5-7-20(14-28)8-6-19/h2-10,13,16-18,26,30H,11-12H2,1H3,(H,31,33,35). The van der Waals surface area contributed by atoms with Gasteiger partial charge in [0.25, 0.3) is 0 Å². The van der Waals surface area contributed by atoms with Gasteiger partial charge in [0.05, 0.1) is 29.5 Å². The number of carbonyl (C=O) groups excluding carboxylic acids is 1. The Kier molecular flexibility index (Phi) is 7.27. The van der Waals surface area contributed by atoms with Crippen molar-refractivity contribution in [3.63, 3.8) is 0 Å². The van der Waals surface area contributed by atoms with Crippen molar-refractivity contribution >= 4 is 11.7 Å². The zero-order valence-electron chi connectivity index (χ0n) is 19.1. The monoisotopic (exact) mass is 461 g/mol. The molecule has 0 aliphatic rings. The summed E-state index contributed by atoms with van der Waals surface area (Å²) in [4.78, 5) is 17.6. The summed E-state index contributed by atoms with van der Waals surface area (Å²) in [5.74, 6) is 0.152. The number of nitrogens with zero attached hydrogens (tertiary/aromatic N) is 5. The van der Waals surface area contributed by atoms with Gasteiger partial charge >= 0.3 is 0 Å². The number of carbonyl (C=O) groups is 1. The molecule has 0 saturated carbocycles. The van der Waals surface area contributed by atoms with Crippen LogP contribution >= 0.6 is 0 Å². The molecule has 1 atom stereocenters. The molecule has 35 heavy (non-hydrogen) atoms. The van der Waals surface area contributed by atoms with E-state index in [9.17, 15) is 10.1 Å². The van der Waals surface area contributed by atoms with Crippen LogP contribution < -0.4 is 10.6 Å². The van der Waals surface area contributed by atoms with Crippen molar-refractivity contribution in [1.29, 1.82) is 10.5 Å². The minimum Gasteiger partial charge on any atom is -0.309 e. The van der Waals surface area contributed by atoms with Crippen LogP contribution in [0.5, 0.6) is 0 Å². The maximum atomic E-state index is 13.3.